The van der Waals surface area contributed by atoms with E-state index in [9.17, 15) is 0 Å². The minimum Gasteiger partial charge on any atom is -0.331 e. The largest absolute Gasteiger partial charge is 0.331 e. The summed E-state index contributed by atoms with van der Waals surface area (Å²) in [7, 11) is 4.16. The number of imidazole rings is 2. The molecule has 0 radical (unpaired) electrons. The van der Waals surface area contributed by atoms with Gasteiger partial charge in [0.25, 0.3) is 5.65 Å². The molecule has 4 heteroatoms. The molecule has 25 heavy (non-hydrogen) atoms. The quantitative estimate of drug-likeness (QED) is 0.340. The Hall–Kier alpha value is -3.14. The zero-order chi connectivity index (χ0) is 17.1. The molecule has 3 aromatic heterocycles. The van der Waals surface area contributed by atoms with Crippen LogP contribution >= 0.6 is 0 Å². The molecule has 0 atom stereocenters. The van der Waals surface area contributed by atoms with Crippen molar-refractivity contribution in [1.82, 2.24) is 14.1 Å². The van der Waals surface area contributed by atoms with Crippen molar-refractivity contribution in [2.24, 2.45) is 14.1 Å². The van der Waals surface area contributed by atoms with Crippen molar-refractivity contribution in [3.63, 3.8) is 0 Å². The molecular formula is C21H19N4+. The van der Waals surface area contributed by atoms with Gasteiger partial charge in [-0.2, -0.15) is 4.40 Å². The first-order chi connectivity index (χ1) is 12.2. The molecule has 122 valence electrons. The summed E-state index contributed by atoms with van der Waals surface area (Å²) in [6.45, 7) is 2.19. The van der Waals surface area contributed by atoms with Crippen molar-refractivity contribution in [3.8, 4) is 11.5 Å². The highest BCUT2D eigenvalue weighted by Crippen LogP contribution is 2.30. The summed E-state index contributed by atoms with van der Waals surface area (Å²) < 4.78 is 6.62. The van der Waals surface area contributed by atoms with E-state index in [1.165, 1.54) is 32.9 Å². The molecule has 0 aliphatic heterocycles. The van der Waals surface area contributed by atoms with Crippen LogP contribution in [0.3, 0.4) is 0 Å². The van der Waals surface area contributed by atoms with Crippen LogP contribution in [0.15, 0.2) is 61.1 Å². The number of hydrogen-bond donors (Lipinski definition) is 0. The predicted molar refractivity (Wildman–Crippen MR) is 101 cm³/mol. The molecule has 5 aromatic rings. The maximum atomic E-state index is 4.55. The third-order valence-electron chi connectivity index (χ3n) is 5.16. The van der Waals surface area contributed by atoms with Crippen molar-refractivity contribution >= 4 is 27.3 Å². The Morgan fingerprint density at radius 1 is 0.960 bits per heavy atom. The fourth-order valence-electron chi connectivity index (χ4n) is 3.94. The average molecular weight is 327 g/mol. The smallest absolute Gasteiger partial charge is 0.295 e. The van der Waals surface area contributed by atoms with Crippen molar-refractivity contribution in [2.45, 2.75) is 6.92 Å². The third kappa shape index (κ3) is 1.82. The van der Waals surface area contributed by atoms with Gasteiger partial charge in [-0.1, -0.05) is 36.4 Å². The van der Waals surface area contributed by atoms with Crippen molar-refractivity contribution in [2.75, 3.05) is 0 Å². The summed E-state index contributed by atoms with van der Waals surface area (Å²) in [6.07, 6.45) is 6.03. The van der Waals surface area contributed by atoms with Crippen LogP contribution in [0.2, 0.25) is 0 Å². The lowest BCUT2D eigenvalue weighted by Crippen LogP contribution is -2.21. The molecule has 0 bridgehead atoms. The highest BCUT2D eigenvalue weighted by atomic mass is 15.2. The molecule has 4 nitrogen and oxygen atoms in total. The normalized spacial score (nSPS) is 11.8. The van der Waals surface area contributed by atoms with Gasteiger partial charge in [-0.25, -0.2) is 9.55 Å². The van der Waals surface area contributed by atoms with E-state index in [1.807, 2.05) is 19.4 Å². The van der Waals surface area contributed by atoms with Gasteiger partial charge in [-0.3, -0.25) is 0 Å². The summed E-state index contributed by atoms with van der Waals surface area (Å²) in [5, 5.41) is 3.86. The molecule has 0 aliphatic rings. The minimum atomic E-state index is 0.969. The number of aryl methyl sites for hydroxylation is 3. The van der Waals surface area contributed by atoms with Crippen molar-refractivity contribution < 1.29 is 4.40 Å². The lowest BCUT2D eigenvalue weighted by Gasteiger charge is -2.06. The molecule has 2 aromatic carbocycles. The van der Waals surface area contributed by atoms with Gasteiger partial charge in [-0.05, 0) is 18.6 Å². The molecule has 0 fully saturated rings. The summed E-state index contributed by atoms with van der Waals surface area (Å²) in [4.78, 5) is 4.55. The van der Waals surface area contributed by atoms with Gasteiger partial charge < -0.3 is 4.57 Å². The molecular weight excluding hydrogens is 308 g/mol. The molecule has 0 amide bonds. The zero-order valence-electron chi connectivity index (χ0n) is 14.6. The number of nitrogens with zero attached hydrogens (tertiary/aromatic N) is 4. The second kappa shape index (κ2) is 4.93. The number of benzene rings is 2. The van der Waals surface area contributed by atoms with Gasteiger partial charge in [0.1, 0.15) is 11.7 Å². The third-order valence-corrected chi connectivity index (χ3v) is 5.16. The standard InChI is InChI=1S/C21H19N4/c1-14-7-6-9-16-15-8-4-5-10-17(15)25-13-18(20-22-11-12-23(20)2)24(3)21(25)19(14)16/h4-13H,1-3H3/q+1. The Morgan fingerprint density at radius 2 is 1.76 bits per heavy atom. The first-order valence-corrected chi connectivity index (χ1v) is 8.45. The molecule has 0 aliphatic carbocycles. The Labute approximate surface area is 145 Å². The molecule has 0 unspecified atom stereocenters. The van der Waals surface area contributed by atoms with E-state index in [1.54, 1.807) is 0 Å². The number of pyridine rings is 1. The zero-order valence-corrected chi connectivity index (χ0v) is 14.6. The topological polar surface area (TPSA) is 26.9 Å². The molecule has 3 heterocycles. The lowest BCUT2D eigenvalue weighted by atomic mass is 10.0. The SMILES string of the molecule is Cc1cccc2c3ccccc3[n+]3cc(-c4nccn4C)n(C)c3c12. The number of para-hydroxylation sites is 1. The Morgan fingerprint density at radius 3 is 2.56 bits per heavy atom. The monoisotopic (exact) mass is 327 g/mol. The molecule has 5 rings (SSSR count). The van der Waals surface area contributed by atoms with Crippen LogP contribution in [-0.4, -0.2) is 14.1 Å². The fraction of sp³-hybridized carbons (Fsp3) is 0.143. The second-order valence-corrected chi connectivity index (χ2v) is 6.64. The van der Waals surface area contributed by atoms with E-state index in [0.29, 0.717) is 0 Å². The first kappa shape index (κ1) is 14.2. The van der Waals surface area contributed by atoms with E-state index in [-0.39, 0.29) is 0 Å². The molecule has 0 saturated carbocycles. The number of hydrogen-bond acceptors (Lipinski definition) is 1. The van der Waals surface area contributed by atoms with E-state index in [4.69, 9.17) is 0 Å². The summed E-state index contributed by atoms with van der Waals surface area (Å²) in [6, 6.07) is 15.2. The van der Waals surface area contributed by atoms with E-state index in [0.717, 1.165) is 11.5 Å². The molecule has 0 spiro atoms. The first-order valence-electron chi connectivity index (χ1n) is 8.45. The van der Waals surface area contributed by atoms with Gasteiger partial charge in [0.05, 0.1) is 12.4 Å². The minimum absolute atomic E-state index is 0.969. The van der Waals surface area contributed by atoms with E-state index < -0.39 is 0 Å². The van der Waals surface area contributed by atoms with Gasteiger partial charge in [0.2, 0.25) is 5.69 Å². The number of fused-ring (bicyclic) bond motifs is 6. The maximum Gasteiger partial charge on any atom is 0.295 e. The second-order valence-electron chi connectivity index (χ2n) is 6.64. The van der Waals surface area contributed by atoms with Crippen LogP contribution in [0.4, 0.5) is 0 Å². The van der Waals surface area contributed by atoms with Crippen LogP contribution in [0.5, 0.6) is 0 Å². The highest BCUT2D eigenvalue weighted by Gasteiger charge is 2.24. The van der Waals surface area contributed by atoms with Crippen LogP contribution in [-0.2, 0) is 14.1 Å². The van der Waals surface area contributed by atoms with E-state index in [2.05, 4.69) is 81.2 Å². The molecule has 0 saturated heterocycles. The number of rotatable bonds is 1. The van der Waals surface area contributed by atoms with Crippen LogP contribution in [0, 0.1) is 6.92 Å². The summed E-state index contributed by atoms with van der Waals surface area (Å²) >= 11 is 0. The van der Waals surface area contributed by atoms with Crippen LogP contribution in [0.25, 0.3) is 38.8 Å². The van der Waals surface area contributed by atoms with Gasteiger partial charge in [0, 0.05) is 30.2 Å². The van der Waals surface area contributed by atoms with Crippen LogP contribution < -0.4 is 4.40 Å². The summed E-state index contributed by atoms with van der Waals surface area (Å²) in [5.74, 6) is 0.969. The highest BCUT2D eigenvalue weighted by molar-refractivity contribution is 6.10. The van der Waals surface area contributed by atoms with Gasteiger partial charge >= 0.3 is 0 Å². The number of aromatic nitrogens is 4. The Bertz CT molecular complexity index is 1270. The Balaban J connectivity index is 2.09. The van der Waals surface area contributed by atoms with Gasteiger partial charge in [0.15, 0.2) is 5.82 Å². The average Bonchev–Trinajstić information content (AvgIpc) is 3.19. The van der Waals surface area contributed by atoms with Crippen molar-refractivity contribution in [1.29, 1.82) is 0 Å². The Kier molecular flexibility index (Phi) is 2.80. The fourth-order valence-corrected chi connectivity index (χ4v) is 3.94. The molecule has 0 N–H and O–H groups in total. The lowest BCUT2D eigenvalue weighted by molar-refractivity contribution is -0.478. The summed E-state index contributed by atoms with van der Waals surface area (Å²) in [5.41, 5.74) is 4.80. The van der Waals surface area contributed by atoms with Crippen molar-refractivity contribution in [3.05, 3.63) is 66.6 Å². The van der Waals surface area contributed by atoms with Crippen LogP contribution in [0.1, 0.15) is 5.56 Å². The maximum absolute atomic E-state index is 4.55. The predicted octanol–water partition coefficient (Wildman–Crippen LogP) is 3.78. The van der Waals surface area contributed by atoms with E-state index >= 15 is 0 Å². The van der Waals surface area contributed by atoms with Gasteiger partial charge in [-0.15, -0.1) is 0 Å².